The van der Waals surface area contributed by atoms with Gasteiger partial charge in [0, 0.05) is 18.0 Å². The molecule has 0 unspecified atom stereocenters. The predicted molar refractivity (Wildman–Crippen MR) is 83.1 cm³/mol. The molecule has 0 aliphatic rings. The first-order valence-electron chi connectivity index (χ1n) is 6.80. The van der Waals surface area contributed by atoms with Crippen molar-refractivity contribution in [3.63, 3.8) is 0 Å². The smallest absolute Gasteiger partial charge is 0.350 e. The summed E-state index contributed by atoms with van der Waals surface area (Å²) in [6.07, 6.45) is 1.07. The van der Waals surface area contributed by atoms with Gasteiger partial charge in [-0.1, -0.05) is 6.07 Å². The van der Waals surface area contributed by atoms with E-state index in [1.54, 1.807) is 44.4 Å². The molecule has 0 aliphatic heterocycles. The highest BCUT2D eigenvalue weighted by molar-refractivity contribution is 5.92. The molecule has 0 heterocycles. The predicted octanol–water partition coefficient (Wildman–Crippen LogP) is 0.698. The van der Waals surface area contributed by atoms with Gasteiger partial charge in [-0.3, -0.25) is 10.2 Å². The van der Waals surface area contributed by atoms with E-state index in [0.717, 1.165) is 11.9 Å². The molecule has 8 heteroatoms. The van der Waals surface area contributed by atoms with E-state index in [9.17, 15) is 9.59 Å². The van der Waals surface area contributed by atoms with Gasteiger partial charge in [0.1, 0.15) is 11.8 Å². The van der Waals surface area contributed by atoms with Crippen LogP contribution in [-0.2, 0) is 14.3 Å². The molecular formula is C15H18N4O4. The fourth-order valence-corrected chi connectivity index (χ4v) is 1.49. The number of ether oxygens (including phenoxy) is 2. The lowest BCUT2D eigenvalue weighted by molar-refractivity contribution is -0.138. The second-order valence-corrected chi connectivity index (χ2v) is 4.17. The van der Waals surface area contributed by atoms with Crippen molar-refractivity contribution in [1.29, 1.82) is 5.26 Å². The van der Waals surface area contributed by atoms with Crippen LogP contribution in [0.25, 0.3) is 0 Å². The van der Waals surface area contributed by atoms with Crippen LogP contribution >= 0.6 is 0 Å². The molecule has 0 saturated carbocycles. The fourth-order valence-electron chi connectivity index (χ4n) is 1.49. The Balaban J connectivity index is 2.42. The molecule has 3 N–H and O–H groups in total. The zero-order valence-corrected chi connectivity index (χ0v) is 12.9. The molecule has 1 rings (SSSR count). The Labute approximate surface area is 134 Å². The molecule has 0 fully saturated rings. The summed E-state index contributed by atoms with van der Waals surface area (Å²) >= 11 is 0. The zero-order valence-electron chi connectivity index (χ0n) is 12.9. The number of rotatable bonds is 8. The lowest BCUT2D eigenvalue weighted by Crippen LogP contribution is -2.38. The van der Waals surface area contributed by atoms with Crippen molar-refractivity contribution < 1.29 is 19.1 Å². The molecule has 1 aromatic rings. The summed E-state index contributed by atoms with van der Waals surface area (Å²) in [7, 11) is 1.55. The molecule has 8 nitrogen and oxygen atoms in total. The summed E-state index contributed by atoms with van der Waals surface area (Å²) in [5.74, 6) is -0.471. The van der Waals surface area contributed by atoms with Crippen LogP contribution in [0.4, 0.5) is 5.69 Å². The van der Waals surface area contributed by atoms with Gasteiger partial charge in [0.25, 0.3) is 5.91 Å². The van der Waals surface area contributed by atoms with E-state index >= 15 is 0 Å². The largest absolute Gasteiger partial charge is 0.497 e. The topological polar surface area (TPSA) is 112 Å². The minimum absolute atomic E-state index is 0.00466. The van der Waals surface area contributed by atoms with Crippen molar-refractivity contribution in [2.24, 2.45) is 0 Å². The van der Waals surface area contributed by atoms with Crippen LogP contribution in [0.3, 0.4) is 0 Å². The lowest BCUT2D eigenvalue weighted by Gasteiger charge is -2.09. The van der Waals surface area contributed by atoms with E-state index in [1.807, 2.05) is 0 Å². The van der Waals surface area contributed by atoms with Crippen LogP contribution in [0.1, 0.15) is 6.92 Å². The molecule has 0 radical (unpaired) electrons. The van der Waals surface area contributed by atoms with E-state index in [2.05, 4.69) is 20.9 Å². The van der Waals surface area contributed by atoms with E-state index in [4.69, 9.17) is 10.00 Å². The second kappa shape index (κ2) is 9.68. The van der Waals surface area contributed by atoms with E-state index in [-0.39, 0.29) is 24.6 Å². The van der Waals surface area contributed by atoms with Crippen LogP contribution in [0, 0.1) is 11.3 Å². The summed E-state index contributed by atoms with van der Waals surface area (Å²) in [6, 6.07) is 8.79. The minimum atomic E-state index is -0.758. The summed E-state index contributed by atoms with van der Waals surface area (Å²) in [5, 5.41) is 11.7. The number of amides is 1. The van der Waals surface area contributed by atoms with Crippen molar-refractivity contribution in [2.45, 2.75) is 6.92 Å². The number of hydrogen-bond donors (Lipinski definition) is 3. The number of benzene rings is 1. The van der Waals surface area contributed by atoms with Crippen LogP contribution in [-0.4, -0.2) is 32.1 Å². The van der Waals surface area contributed by atoms with Crippen molar-refractivity contribution in [2.75, 3.05) is 25.6 Å². The number of methoxy groups -OCH3 is 1. The van der Waals surface area contributed by atoms with Gasteiger partial charge in [0.05, 0.1) is 20.3 Å². The van der Waals surface area contributed by atoms with Crippen molar-refractivity contribution in [3.8, 4) is 11.8 Å². The lowest BCUT2D eigenvalue weighted by atomic mass is 10.3. The Bertz CT molecular complexity index is 622. The maximum Gasteiger partial charge on any atom is 0.350 e. The fraction of sp³-hybridized carbons (Fsp3) is 0.267. The Morgan fingerprint density at radius 2 is 2.17 bits per heavy atom. The molecule has 0 saturated heterocycles. The van der Waals surface area contributed by atoms with Gasteiger partial charge in [-0.15, -0.1) is 0 Å². The molecule has 1 amide bonds. The summed E-state index contributed by atoms with van der Waals surface area (Å²) in [5.41, 5.74) is 5.19. The highest BCUT2D eigenvalue weighted by atomic mass is 16.5. The van der Waals surface area contributed by atoms with E-state index in [1.165, 1.54) is 0 Å². The first-order chi connectivity index (χ1) is 11.1. The van der Waals surface area contributed by atoms with Crippen molar-refractivity contribution >= 4 is 17.6 Å². The minimum Gasteiger partial charge on any atom is -0.497 e. The van der Waals surface area contributed by atoms with Gasteiger partial charge < -0.3 is 20.2 Å². The average Bonchev–Trinajstić information content (AvgIpc) is 2.57. The Morgan fingerprint density at radius 3 is 2.83 bits per heavy atom. The van der Waals surface area contributed by atoms with Crippen molar-refractivity contribution in [3.05, 3.63) is 36.0 Å². The Kier molecular flexibility index (Phi) is 7.51. The van der Waals surface area contributed by atoms with Gasteiger partial charge in [-0.25, -0.2) is 4.79 Å². The first-order valence-corrected chi connectivity index (χ1v) is 6.80. The highest BCUT2D eigenvalue weighted by Crippen LogP contribution is 2.16. The third-order valence-corrected chi connectivity index (χ3v) is 2.57. The summed E-state index contributed by atoms with van der Waals surface area (Å²) in [6.45, 7) is 1.79. The number of hydrogen-bond acceptors (Lipinski definition) is 7. The number of esters is 1. The van der Waals surface area contributed by atoms with Gasteiger partial charge in [0.2, 0.25) is 0 Å². The molecule has 0 aliphatic carbocycles. The average molecular weight is 318 g/mol. The molecular weight excluding hydrogens is 300 g/mol. The Morgan fingerprint density at radius 1 is 1.39 bits per heavy atom. The number of nitrogens with one attached hydrogen (secondary N) is 3. The van der Waals surface area contributed by atoms with Gasteiger partial charge in [-0.2, -0.15) is 5.26 Å². The number of nitriles is 1. The maximum atomic E-state index is 11.6. The second-order valence-electron chi connectivity index (χ2n) is 4.17. The highest BCUT2D eigenvalue weighted by Gasteiger charge is 2.09. The summed E-state index contributed by atoms with van der Waals surface area (Å²) < 4.78 is 9.75. The normalized spacial score (nSPS) is 10.2. The summed E-state index contributed by atoms with van der Waals surface area (Å²) in [4.78, 5) is 23.0. The third-order valence-electron chi connectivity index (χ3n) is 2.57. The number of carbonyl (C=O) groups excluding carboxylic acids is 2. The van der Waals surface area contributed by atoms with E-state index < -0.39 is 5.97 Å². The van der Waals surface area contributed by atoms with Crippen LogP contribution < -0.4 is 20.9 Å². The Hall–Kier alpha value is -3.21. The van der Waals surface area contributed by atoms with Crippen LogP contribution in [0.15, 0.2) is 36.0 Å². The van der Waals surface area contributed by atoms with Gasteiger partial charge in [0.15, 0.2) is 5.57 Å². The number of carbonyl (C=O) groups is 2. The quantitative estimate of drug-likeness (QED) is 0.280. The van der Waals surface area contributed by atoms with Gasteiger partial charge in [-0.05, 0) is 19.1 Å². The SMILES string of the molecule is CCOC(=O)/C(C#N)=C/NNC(=O)CNc1cccc(OC)c1. The van der Waals surface area contributed by atoms with Crippen LogP contribution in [0.5, 0.6) is 5.75 Å². The molecule has 23 heavy (non-hydrogen) atoms. The molecule has 0 spiro atoms. The molecule has 122 valence electrons. The number of anilines is 1. The van der Waals surface area contributed by atoms with Crippen LogP contribution in [0.2, 0.25) is 0 Å². The third kappa shape index (κ3) is 6.39. The van der Waals surface area contributed by atoms with Crippen molar-refractivity contribution in [1.82, 2.24) is 10.9 Å². The monoisotopic (exact) mass is 318 g/mol. The van der Waals surface area contributed by atoms with Gasteiger partial charge >= 0.3 is 5.97 Å². The van der Waals surface area contributed by atoms with E-state index in [0.29, 0.717) is 5.75 Å². The standard InChI is InChI=1S/C15H18N4O4/c1-3-23-15(21)11(8-16)9-18-19-14(20)10-17-12-5-4-6-13(7-12)22-2/h4-7,9,17-18H,3,10H2,1-2H3,(H,19,20)/b11-9+. The molecule has 0 atom stereocenters. The molecule has 1 aromatic carbocycles. The molecule has 0 aromatic heterocycles. The zero-order chi connectivity index (χ0) is 17.1. The number of hydrazine groups is 1. The molecule has 0 bridgehead atoms. The first kappa shape index (κ1) is 17.8. The maximum absolute atomic E-state index is 11.6. The number of nitrogens with zero attached hydrogens (tertiary/aromatic N) is 1.